The first-order valence-electron chi connectivity index (χ1n) is 1.34. The van der Waals surface area contributed by atoms with Gasteiger partial charge in [0.1, 0.15) is 6.35 Å². The minimum atomic E-state index is -2.81. The van der Waals surface area contributed by atoms with E-state index in [0.29, 0.717) is 0 Å². The lowest BCUT2D eigenvalue weighted by atomic mass is 11.7. The van der Waals surface area contributed by atoms with Crippen LogP contribution in [-0.4, -0.2) is 6.35 Å². The van der Waals surface area contributed by atoms with Crippen LogP contribution in [-0.2, 0) is 18.2 Å². The highest BCUT2D eigenvalue weighted by Gasteiger charge is 1.85. The third kappa shape index (κ3) is 5.96. The average Bonchev–Trinajstić information content (AvgIpc) is 1.61. The zero-order valence-electron chi connectivity index (χ0n) is 3.23. The summed E-state index contributed by atoms with van der Waals surface area (Å²) >= 11 is 0. The fourth-order valence-electron chi connectivity index (χ4n) is 0.0707. The van der Waals surface area contributed by atoms with Crippen molar-refractivity contribution in [1.82, 2.24) is 0 Å². The normalized spacial score (nSPS) is 9.14. The molecule has 4 nitrogen and oxygen atoms in total. The third-order valence-corrected chi connectivity index (χ3v) is 0.994. The third-order valence-electron chi connectivity index (χ3n) is 0.216. The van der Waals surface area contributed by atoms with Crippen molar-refractivity contribution in [1.29, 1.82) is 0 Å². The Hall–Kier alpha value is -0.0400. The van der Waals surface area contributed by atoms with Gasteiger partial charge in [0, 0.05) is 0 Å². The second-order valence-electron chi connectivity index (χ2n) is 0.611. The molecule has 0 amide bonds. The first kappa shape index (κ1) is 6.96. The van der Waals surface area contributed by atoms with Gasteiger partial charge in [-0.1, -0.05) is 0 Å². The quantitative estimate of drug-likeness (QED) is 0.555. The first-order valence-corrected chi connectivity index (χ1v) is 3.43. The van der Waals surface area contributed by atoms with Crippen molar-refractivity contribution in [3.8, 4) is 0 Å². The summed E-state index contributed by atoms with van der Waals surface area (Å²) < 4.78 is 32.1. The lowest BCUT2D eigenvalue weighted by molar-refractivity contribution is 0.353. The molecule has 0 aliphatic carbocycles. The predicted octanol–water partition coefficient (Wildman–Crippen LogP) is 1.34. The molecule has 0 aromatic heterocycles. The van der Waals surface area contributed by atoms with Crippen molar-refractivity contribution in [2.75, 3.05) is 6.35 Å². The van der Waals surface area contributed by atoms with Crippen LogP contribution in [0.5, 0.6) is 0 Å². The van der Waals surface area contributed by atoms with Gasteiger partial charge >= 0.3 is 7.91 Å². The molecule has 0 rings (SSSR count). The molecule has 0 bridgehead atoms. The molecule has 0 radical (unpaired) electrons. The van der Waals surface area contributed by atoms with Gasteiger partial charge in [0.15, 0.2) is 8.46 Å². The van der Waals surface area contributed by atoms with Gasteiger partial charge in [-0.2, -0.15) is 0 Å². The molecule has 0 heterocycles. The monoisotopic (exact) mass is 140 g/mol. The van der Waals surface area contributed by atoms with Gasteiger partial charge in [-0.05, 0) is 0 Å². The van der Waals surface area contributed by atoms with E-state index in [4.69, 9.17) is 0 Å². The van der Waals surface area contributed by atoms with Crippen LogP contribution in [0.2, 0.25) is 0 Å². The maximum absolute atomic E-state index is 9.43. The van der Waals surface area contributed by atoms with Crippen molar-refractivity contribution in [3.05, 3.63) is 0 Å². The molecular weight excluding hydrogens is 138 g/mol. The highest BCUT2D eigenvalue weighted by Crippen LogP contribution is 2.07. The van der Waals surface area contributed by atoms with Crippen molar-refractivity contribution in [2.45, 2.75) is 0 Å². The van der Waals surface area contributed by atoms with Crippen LogP contribution < -0.4 is 0 Å². The van der Waals surface area contributed by atoms with Crippen molar-refractivity contribution >= 4 is 16.4 Å². The highest BCUT2D eigenvalue weighted by molar-refractivity contribution is 7.27. The Balaban J connectivity index is 3.14. The molecule has 0 aromatic rings. The van der Waals surface area contributed by atoms with Crippen LogP contribution in [0.25, 0.3) is 0 Å². The Morgan fingerprint density at radius 3 is 2.29 bits per heavy atom. The van der Waals surface area contributed by atoms with Gasteiger partial charge in [-0.25, -0.2) is 9.13 Å². The molecule has 0 spiro atoms. The van der Waals surface area contributed by atoms with E-state index < -0.39 is 7.91 Å². The molecule has 0 aromatic carbocycles. The maximum Gasteiger partial charge on any atom is 0.468 e. The van der Waals surface area contributed by atoms with Crippen LogP contribution in [0.3, 0.4) is 0 Å². The number of hydrogen-bond acceptors (Lipinski definition) is 4. The van der Waals surface area contributed by atoms with Crippen LogP contribution in [0.15, 0.2) is 0 Å². The Morgan fingerprint density at radius 2 is 2.14 bits per heavy atom. The van der Waals surface area contributed by atoms with E-state index in [1.807, 2.05) is 0 Å². The fourth-order valence-corrected chi connectivity index (χ4v) is 0.636. The Labute approximate surface area is 42.0 Å². The second kappa shape index (κ2) is 4.13. The molecule has 0 saturated heterocycles. The average molecular weight is 140 g/mol. The van der Waals surface area contributed by atoms with Crippen LogP contribution >= 0.6 is 16.4 Å². The largest absolute Gasteiger partial charge is 0.468 e. The molecule has 0 fully saturated rings. The van der Waals surface area contributed by atoms with E-state index in [0.717, 1.165) is 0 Å². The Bertz CT molecular complexity index is 107. The molecule has 0 atom stereocenters. The summed E-state index contributed by atoms with van der Waals surface area (Å²) in [5, 5.41) is 0. The molecule has 0 N–H and O–H groups in total. The Kier molecular flexibility index (Phi) is 4.10. The molecule has 0 saturated carbocycles. The molecule has 0 unspecified atom stereocenters. The van der Waals surface area contributed by atoms with Crippen molar-refractivity contribution in [2.24, 2.45) is 0 Å². The smallest absolute Gasteiger partial charge is 0.272 e. The summed E-state index contributed by atoms with van der Waals surface area (Å²) in [5.74, 6) is 0. The summed E-state index contributed by atoms with van der Waals surface area (Å²) in [7, 11) is -3.13. The topological polar surface area (TPSA) is 60.4 Å². The van der Waals surface area contributed by atoms with Crippen LogP contribution in [0.1, 0.15) is 0 Å². The lowest BCUT2D eigenvalue weighted by Crippen LogP contribution is -1.64. The van der Waals surface area contributed by atoms with Gasteiger partial charge < -0.3 is 0 Å². The zero-order chi connectivity index (χ0) is 5.70. The van der Waals surface area contributed by atoms with Gasteiger partial charge in [0.2, 0.25) is 0 Å². The van der Waals surface area contributed by atoms with E-state index in [-0.39, 0.29) is 14.8 Å². The number of rotatable bonds is 3. The molecule has 0 aliphatic rings. The van der Waals surface area contributed by atoms with E-state index >= 15 is 0 Å². The fraction of sp³-hybridized carbons (Fsp3) is 1.00. The molecule has 7 heavy (non-hydrogen) atoms. The van der Waals surface area contributed by atoms with Gasteiger partial charge in [0.25, 0.3) is 0 Å². The summed E-state index contributed by atoms with van der Waals surface area (Å²) in [6.07, 6.45) is -0.279. The number of hydrogen-bond donors (Lipinski definition) is 0. The standard InChI is InChI=1S/CH2O4P2/c2-6-1-5-7(3)4/h1H2. The van der Waals surface area contributed by atoms with Crippen LogP contribution in [0.4, 0.5) is 0 Å². The second-order valence-corrected chi connectivity index (χ2v) is 1.83. The molecule has 40 valence electrons. The van der Waals surface area contributed by atoms with E-state index in [9.17, 15) is 13.7 Å². The van der Waals surface area contributed by atoms with E-state index in [1.165, 1.54) is 0 Å². The summed E-state index contributed by atoms with van der Waals surface area (Å²) in [6, 6.07) is 0. The summed E-state index contributed by atoms with van der Waals surface area (Å²) in [6.45, 7) is 0. The maximum atomic E-state index is 9.43. The summed E-state index contributed by atoms with van der Waals surface area (Å²) in [4.78, 5) is 0. The van der Waals surface area contributed by atoms with Gasteiger partial charge in [-0.3, -0.25) is 9.09 Å². The van der Waals surface area contributed by atoms with Gasteiger partial charge in [0.05, 0.1) is 0 Å². The lowest BCUT2D eigenvalue weighted by Gasteiger charge is -1.72. The minimum Gasteiger partial charge on any atom is -0.272 e. The van der Waals surface area contributed by atoms with E-state index in [2.05, 4.69) is 4.52 Å². The predicted molar refractivity (Wildman–Crippen MR) is 21.9 cm³/mol. The SMILES string of the molecule is O=PCOP(=O)=O. The minimum absolute atomic E-state index is 0.279. The van der Waals surface area contributed by atoms with Crippen LogP contribution in [0, 0.1) is 0 Å². The first-order chi connectivity index (χ1) is 3.27. The van der Waals surface area contributed by atoms with Crippen molar-refractivity contribution < 1.29 is 18.2 Å². The highest BCUT2D eigenvalue weighted by atomic mass is 31.1. The summed E-state index contributed by atoms with van der Waals surface area (Å²) in [5.41, 5.74) is 0. The molecule has 6 heteroatoms. The van der Waals surface area contributed by atoms with E-state index in [1.54, 1.807) is 0 Å². The molecule has 0 aliphatic heterocycles. The Morgan fingerprint density at radius 1 is 1.57 bits per heavy atom. The zero-order valence-corrected chi connectivity index (χ0v) is 5.02. The molecular formula is CH2O4P2. The van der Waals surface area contributed by atoms with Gasteiger partial charge in [-0.15, -0.1) is 0 Å². The van der Waals surface area contributed by atoms with Crippen molar-refractivity contribution in [3.63, 3.8) is 0 Å².